The van der Waals surface area contributed by atoms with Crippen molar-refractivity contribution in [2.24, 2.45) is 0 Å². The van der Waals surface area contributed by atoms with Crippen LogP contribution in [0.15, 0.2) is 11.3 Å². The molecule has 16 heavy (non-hydrogen) atoms. The summed E-state index contributed by atoms with van der Waals surface area (Å²) in [5, 5.41) is 3.27. The SMILES string of the molecule is O=CCC(=O)OC1CCC2=C(CCCC2)N1. The van der Waals surface area contributed by atoms with Crippen LogP contribution in [-0.2, 0) is 14.3 Å². The van der Waals surface area contributed by atoms with Gasteiger partial charge in [-0.2, -0.15) is 0 Å². The molecule has 0 amide bonds. The Hall–Kier alpha value is -1.32. The van der Waals surface area contributed by atoms with E-state index in [-0.39, 0.29) is 12.6 Å². The summed E-state index contributed by atoms with van der Waals surface area (Å²) < 4.78 is 5.17. The topological polar surface area (TPSA) is 55.4 Å². The van der Waals surface area contributed by atoms with Crippen molar-refractivity contribution >= 4 is 12.3 Å². The highest BCUT2D eigenvalue weighted by atomic mass is 16.6. The predicted octanol–water partition coefficient (Wildman–Crippen LogP) is 1.66. The smallest absolute Gasteiger partial charge is 0.314 e. The molecular weight excluding hydrogens is 206 g/mol. The molecule has 0 aromatic heterocycles. The Morgan fingerprint density at radius 2 is 2.19 bits per heavy atom. The minimum Gasteiger partial charge on any atom is -0.441 e. The average Bonchev–Trinajstić information content (AvgIpc) is 2.29. The Labute approximate surface area is 95.0 Å². The van der Waals surface area contributed by atoms with Gasteiger partial charge in [-0.25, -0.2) is 0 Å². The van der Waals surface area contributed by atoms with E-state index in [9.17, 15) is 9.59 Å². The largest absolute Gasteiger partial charge is 0.441 e. The van der Waals surface area contributed by atoms with Gasteiger partial charge in [0.05, 0.1) is 0 Å². The highest BCUT2D eigenvalue weighted by molar-refractivity contribution is 5.83. The first-order chi connectivity index (χ1) is 7.79. The molecule has 1 atom stereocenters. The second-order valence-electron chi connectivity index (χ2n) is 4.32. The Kier molecular flexibility index (Phi) is 3.59. The molecule has 1 heterocycles. The molecule has 0 saturated carbocycles. The highest BCUT2D eigenvalue weighted by Crippen LogP contribution is 2.30. The summed E-state index contributed by atoms with van der Waals surface area (Å²) in [6.07, 6.45) is 6.76. The Morgan fingerprint density at radius 3 is 3.00 bits per heavy atom. The number of carbonyl (C=O) groups is 2. The second-order valence-corrected chi connectivity index (χ2v) is 4.32. The van der Waals surface area contributed by atoms with E-state index in [1.807, 2.05) is 0 Å². The van der Waals surface area contributed by atoms with Crippen molar-refractivity contribution in [3.05, 3.63) is 11.3 Å². The molecular formula is C12H17NO3. The maximum Gasteiger partial charge on any atom is 0.314 e. The van der Waals surface area contributed by atoms with Gasteiger partial charge in [0.15, 0.2) is 6.23 Å². The van der Waals surface area contributed by atoms with Gasteiger partial charge in [0, 0.05) is 12.1 Å². The quantitative estimate of drug-likeness (QED) is 0.449. The molecule has 0 aromatic carbocycles. The fourth-order valence-electron chi connectivity index (χ4n) is 2.35. The van der Waals surface area contributed by atoms with Gasteiger partial charge in [0.2, 0.25) is 0 Å². The molecule has 88 valence electrons. The number of allylic oxidation sites excluding steroid dienone is 2. The zero-order valence-corrected chi connectivity index (χ0v) is 9.33. The molecule has 1 aliphatic carbocycles. The molecule has 1 unspecified atom stereocenters. The number of esters is 1. The van der Waals surface area contributed by atoms with Crippen molar-refractivity contribution in [1.29, 1.82) is 0 Å². The summed E-state index contributed by atoms with van der Waals surface area (Å²) in [6, 6.07) is 0. The van der Waals surface area contributed by atoms with Crippen LogP contribution in [0.1, 0.15) is 44.9 Å². The van der Waals surface area contributed by atoms with E-state index in [1.165, 1.54) is 30.5 Å². The number of ether oxygens (including phenoxy) is 1. The Bertz CT molecular complexity index is 322. The summed E-state index contributed by atoms with van der Waals surface area (Å²) in [7, 11) is 0. The maximum absolute atomic E-state index is 11.2. The van der Waals surface area contributed by atoms with Crippen LogP contribution in [0.5, 0.6) is 0 Å². The number of rotatable bonds is 3. The van der Waals surface area contributed by atoms with Crippen molar-refractivity contribution < 1.29 is 14.3 Å². The summed E-state index contributed by atoms with van der Waals surface area (Å²) in [4.78, 5) is 21.3. The van der Waals surface area contributed by atoms with Gasteiger partial charge in [0.1, 0.15) is 12.7 Å². The Balaban J connectivity index is 1.89. The monoisotopic (exact) mass is 223 g/mol. The van der Waals surface area contributed by atoms with Crippen molar-refractivity contribution in [3.8, 4) is 0 Å². The molecule has 4 heteroatoms. The molecule has 0 aromatic rings. The first kappa shape index (κ1) is 11.2. The lowest BCUT2D eigenvalue weighted by atomic mass is 9.90. The standard InChI is InChI=1S/C12H17NO3/c14-8-7-12(15)16-11-6-5-9-3-1-2-4-10(9)13-11/h8,11,13H,1-7H2. The molecule has 0 saturated heterocycles. The summed E-state index contributed by atoms with van der Waals surface area (Å²) in [5.41, 5.74) is 2.76. The van der Waals surface area contributed by atoms with Gasteiger partial charge in [-0.15, -0.1) is 0 Å². The molecule has 2 aliphatic rings. The van der Waals surface area contributed by atoms with Crippen molar-refractivity contribution in [2.75, 3.05) is 0 Å². The second kappa shape index (κ2) is 5.14. The third-order valence-corrected chi connectivity index (χ3v) is 3.15. The number of nitrogens with one attached hydrogen (secondary N) is 1. The van der Waals surface area contributed by atoms with Gasteiger partial charge in [0.25, 0.3) is 0 Å². The first-order valence-corrected chi connectivity index (χ1v) is 5.90. The molecule has 0 bridgehead atoms. The first-order valence-electron chi connectivity index (χ1n) is 5.90. The normalized spacial score (nSPS) is 24.4. The third-order valence-electron chi connectivity index (χ3n) is 3.15. The molecule has 0 radical (unpaired) electrons. The van der Waals surface area contributed by atoms with Crippen LogP contribution in [0.3, 0.4) is 0 Å². The molecule has 4 nitrogen and oxygen atoms in total. The van der Waals surface area contributed by atoms with Gasteiger partial charge in [-0.1, -0.05) is 5.57 Å². The van der Waals surface area contributed by atoms with E-state index >= 15 is 0 Å². The van der Waals surface area contributed by atoms with Crippen LogP contribution in [0.2, 0.25) is 0 Å². The number of hydrogen-bond donors (Lipinski definition) is 1. The van der Waals surface area contributed by atoms with E-state index in [0.29, 0.717) is 6.29 Å². The summed E-state index contributed by atoms with van der Waals surface area (Å²) in [6.45, 7) is 0. The number of carbonyl (C=O) groups excluding carboxylic acids is 2. The fraction of sp³-hybridized carbons (Fsp3) is 0.667. The fourth-order valence-corrected chi connectivity index (χ4v) is 2.35. The molecule has 2 rings (SSSR count). The van der Waals surface area contributed by atoms with E-state index < -0.39 is 5.97 Å². The molecule has 0 fully saturated rings. The highest BCUT2D eigenvalue weighted by Gasteiger charge is 2.24. The summed E-state index contributed by atoms with van der Waals surface area (Å²) in [5.74, 6) is -0.438. The third kappa shape index (κ3) is 2.62. The van der Waals surface area contributed by atoms with E-state index in [2.05, 4.69) is 5.32 Å². The van der Waals surface area contributed by atoms with Crippen molar-refractivity contribution in [3.63, 3.8) is 0 Å². The maximum atomic E-state index is 11.2. The van der Waals surface area contributed by atoms with Crippen LogP contribution in [0, 0.1) is 0 Å². The van der Waals surface area contributed by atoms with Crippen LogP contribution in [-0.4, -0.2) is 18.5 Å². The Morgan fingerprint density at radius 1 is 1.38 bits per heavy atom. The van der Waals surface area contributed by atoms with Crippen molar-refractivity contribution in [2.45, 2.75) is 51.2 Å². The van der Waals surface area contributed by atoms with Crippen molar-refractivity contribution in [1.82, 2.24) is 5.32 Å². The average molecular weight is 223 g/mol. The summed E-state index contributed by atoms with van der Waals surface area (Å²) >= 11 is 0. The van der Waals surface area contributed by atoms with E-state index in [4.69, 9.17) is 4.74 Å². The number of aldehydes is 1. The van der Waals surface area contributed by atoms with Gasteiger partial charge >= 0.3 is 5.97 Å². The lowest BCUT2D eigenvalue weighted by molar-refractivity contribution is -0.151. The zero-order chi connectivity index (χ0) is 11.4. The van der Waals surface area contributed by atoms with Crippen LogP contribution >= 0.6 is 0 Å². The van der Waals surface area contributed by atoms with Gasteiger partial charge in [-0.05, 0) is 32.1 Å². The lowest BCUT2D eigenvalue weighted by Crippen LogP contribution is -2.37. The molecule has 1 N–H and O–H groups in total. The predicted molar refractivity (Wildman–Crippen MR) is 58.4 cm³/mol. The van der Waals surface area contributed by atoms with Gasteiger partial charge in [-0.3, -0.25) is 4.79 Å². The van der Waals surface area contributed by atoms with Crippen LogP contribution < -0.4 is 5.32 Å². The van der Waals surface area contributed by atoms with Crippen LogP contribution in [0.25, 0.3) is 0 Å². The van der Waals surface area contributed by atoms with Crippen LogP contribution in [0.4, 0.5) is 0 Å². The molecule has 1 aliphatic heterocycles. The van der Waals surface area contributed by atoms with Gasteiger partial charge < -0.3 is 14.8 Å². The van der Waals surface area contributed by atoms with E-state index in [0.717, 1.165) is 19.3 Å². The minimum absolute atomic E-state index is 0.149. The zero-order valence-electron chi connectivity index (χ0n) is 9.33. The minimum atomic E-state index is -0.438. The number of hydrogen-bond acceptors (Lipinski definition) is 4. The molecule has 0 spiro atoms. The van der Waals surface area contributed by atoms with E-state index in [1.54, 1.807) is 0 Å². The lowest BCUT2D eigenvalue weighted by Gasteiger charge is -2.31.